The molecule has 1 amide bonds. The van der Waals surface area contributed by atoms with Crippen LogP contribution >= 0.6 is 0 Å². The van der Waals surface area contributed by atoms with Crippen molar-refractivity contribution in [2.24, 2.45) is 0 Å². The molecule has 0 spiro atoms. The molecule has 33 heavy (non-hydrogen) atoms. The first kappa shape index (κ1) is 24.3. The first-order valence-electron chi connectivity index (χ1n) is 10.6. The number of rotatable bonds is 10. The van der Waals surface area contributed by atoms with Gasteiger partial charge in [0.05, 0.1) is 18.1 Å². The van der Waals surface area contributed by atoms with E-state index in [1.54, 1.807) is 24.3 Å². The standard InChI is InChI=1S/C24H27NO7S/c1-2-30-22-14-18(8-10-21(22)31-15-19-6-4-3-5-7-19)9-11-24(27)32-16-23(26)25-20-12-13-33(28,29)17-20/h3-11,14,20H,2,12-13,15-17H2,1H3,(H,25,26)/b11-9+. The SMILES string of the molecule is CCOc1cc(/C=C/C(=O)OCC(=O)NC2CCS(=O)(=O)C2)ccc1OCc1ccccc1. The topological polar surface area (TPSA) is 108 Å². The van der Waals surface area contributed by atoms with E-state index >= 15 is 0 Å². The van der Waals surface area contributed by atoms with Crippen LogP contribution in [0.5, 0.6) is 11.5 Å². The van der Waals surface area contributed by atoms with Crippen molar-refractivity contribution in [1.82, 2.24) is 5.32 Å². The molecular weight excluding hydrogens is 446 g/mol. The van der Waals surface area contributed by atoms with Crippen LogP contribution in [0, 0.1) is 0 Å². The van der Waals surface area contributed by atoms with Crippen molar-refractivity contribution in [3.05, 3.63) is 65.7 Å². The normalized spacial score (nSPS) is 16.9. The number of nitrogens with one attached hydrogen (secondary N) is 1. The van der Waals surface area contributed by atoms with Gasteiger partial charge in [-0.3, -0.25) is 4.79 Å². The molecule has 1 fully saturated rings. The van der Waals surface area contributed by atoms with E-state index < -0.39 is 34.4 Å². The van der Waals surface area contributed by atoms with E-state index in [9.17, 15) is 18.0 Å². The van der Waals surface area contributed by atoms with Crippen LogP contribution in [0.4, 0.5) is 0 Å². The lowest BCUT2D eigenvalue weighted by Crippen LogP contribution is -2.38. The largest absolute Gasteiger partial charge is 0.490 e. The highest BCUT2D eigenvalue weighted by Crippen LogP contribution is 2.29. The highest BCUT2D eigenvalue weighted by Gasteiger charge is 2.28. The Morgan fingerprint density at radius 3 is 2.58 bits per heavy atom. The minimum Gasteiger partial charge on any atom is -0.490 e. The Hall–Kier alpha value is -3.33. The lowest BCUT2D eigenvalue weighted by atomic mass is 10.2. The van der Waals surface area contributed by atoms with Gasteiger partial charge in [0.1, 0.15) is 6.61 Å². The van der Waals surface area contributed by atoms with Crippen molar-refractivity contribution >= 4 is 27.8 Å². The summed E-state index contributed by atoms with van der Waals surface area (Å²) in [6, 6.07) is 14.6. The Morgan fingerprint density at radius 2 is 1.88 bits per heavy atom. The smallest absolute Gasteiger partial charge is 0.331 e. The number of sulfone groups is 1. The zero-order chi connectivity index (χ0) is 23.7. The average Bonchev–Trinajstić information content (AvgIpc) is 3.14. The highest BCUT2D eigenvalue weighted by atomic mass is 32.2. The monoisotopic (exact) mass is 473 g/mol. The van der Waals surface area contributed by atoms with Gasteiger partial charge in [-0.15, -0.1) is 0 Å². The van der Waals surface area contributed by atoms with Gasteiger partial charge in [-0.1, -0.05) is 36.4 Å². The van der Waals surface area contributed by atoms with Crippen molar-refractivity contribution in [1.29, 1.82) is 0 Å². The highest BCUT2D eigenvalue weighted by molar-refractivity contribution is 7.91. The van der Waals surface area contributed by atoms with Crippen LogP contribution in [-0.2, 0) is 30.8 Å². The molecular formula is C24H27NO7S. The molecule has 1 heterocycles. The Kier molecular flexibility index (Phi) is 8.48. The maximum atomic E-state index is 12.0. The molecule has 1 saturated heterocycles. The number of amides is 1. The fraction of sp³-hybridized carbons (Fsp3) is 0.333. The van der Waals surface area contributed by atoms with E-state index in [-0.39, 0.29) is 11.5 Å². The van der Waals surface area contributed by atoms with Crippen molar-refractivity contribution in [2.75, 3.05) is 24.7 Å². The fourth-order valence-electron chi connectivity index (χ4n) is 3.28. The van der Waals surface area contributed by atoms with E-state index in [4.69, 9.17) is 14.2 Å². The number of ether oxygens (including phenoxy) is 3. The molecule has 2 aromatic rings. The first-order chi connectivity index (χ1) is 15.8. The third-order valence-electron chi connectivity index (χ3n) is 4.86. The summed E-state index contributed by atoms with van der Waals surface area (Å²) in [4.78, 5) is 23.8. The van der Waals surface area contributed by atoms with E-state index in [0.29, 0.717) is 36.7 Å². The third kappa shape index (κ3) is 7.94. The minimum absolute atomic E-state index is 0.0558. The Bertz CT molecular complexity index is 1100. The second kappa shape index (κ2) is 11.5. The number of hydrogen-bond donors (Lipinski definition) is 1. The van der Waals surface area contributed by atoms with Gasteiger partial charge in [0.25, 0.3) is 5.91 Å². The molecule has 0 radical (unpaired) electrons. The van der Waals surface area contributed by atoms with Crippen LogP contribution in [0.2, 0.25) is 0 Å². The molecule has 3 rings (SSSR count). The van der Waals surface area contributed by atoms with Gasteiger partial charge in [0.2, 0.25) is 0 Å². The van der Waals surface area contributed by atoms with Gasteiger partial charge in [-0.05, 0) is 42.7 Å². The predicted molar refractivity (Wildman–Crippen MR) is 124 cm³/mol. The minimum atomic E-state index is -3.09. The van der Waals surface area contributed by atoms with Crippen molar-refractivity contribution in [3.8, 4) is 11.5 Å². The zero-order valence-electron chi connectivity index (χ0n) is 18.4. The second-order valence-corrected chi connectivity index (χ2v) is 9.75. The second-order valence-electron chi connectivity index (χ2n) is 7.52. The Balaban J connectivity index is 1.51. The van der Waals surface area contributed by atoms with Crippen molar-refractivity contribution in [3.63, 3.8) is 0 Å². The molecule has 176 valence electrons. The number of carbonyl (C=O) groups excluding carboxylic acids is 2. The van der Waals surface area contributed by atoms with Crippen LogP contribution in [-0.4, -0.2) is 51.1 Å². The van der Waals surface area contributed by atoms with Crippen LogP contribution in [0.25, 0.3) is 6.08 Å². The van der Waals surface area contributed by atoms with E-state index in [1.165, 1.54) is 6.08 Å². The Morgan fingerprint density at radius 1 is 1.09 bits per heavy atom. The number of hydrogen-bond acceptors (Lipinski definition) is 7. The van der Waals surface area contributed by atoms with E-state index in [0.717, 1.165) is 5.56 Å². The number of carbonyl (C=O) groups is 2. The fourth-order valence-corrected chi connectivity index (χ4v) is 4.95. The molecule has 1 aliphatic heterocycles. The van der Waals surface area contributed by atoms with Crippen molar-refractivity contribution < 1.29 is 32.2 Å². The molecule has 0 aromatic heterocycles. The summed E-state index contributed by atoms with van der Waals surface area (Å²) in [5.41, 5.74) is 1.73. The molecule has 2 aromatic carbocycles. The van der Waals surface area contributed by atoms with Gasteiger partial charge < -0.3 is 19.5 Å². The summed E-state index contributed by atoms with van der Waals surface area (Å²) >= 11 is 0. The summed E-state index contributed by atoms with van der Waals surface area (Å²) in [6.07, 6.45) is 3.13. The Labute approximate surface area is 193 Å². The molecule has 1 atom stereocenters. The van der Waals surface area contributed by atoms with Crippen LogP contribution in [0.1, 0.15) is 24.5 Å². The van der Waals surface area contributed by atoms with Crippen LogP contribution < -0.4 is 14.8 Å². The molecule has 1 unspecified atom stereocenters. The molecule has 1 aliphatic rings. The molecule has 1 N–H and O–H groups in total. The lowest BCUT2D eigenvalue weighted by molar-refractivity contribution is -0.143. The summed E-state index contributed by atoms with van der Waals surface area (Å²) in [5.74, 6) is -0.107. The molecule has 8 nitrogen and oxygen atoms in total. The predicted octanol–water partition coefficient (Wildman–Crippen LogP) is 2.52. The van der Waals surface area contributed by atoms with Gasteiger partial charge in [0.15, 0.2) is 27.9 Å². The lowest BCUT2D eigenvalue weighted by Gasteiger charge is -2.13. The van der Waals surface area contributed by atoms with Gasteiger partial charge in [-0.25, -0.2) is 13.2 Å². The molecule has 0 aliphatic carbocycles. The van der Waals surface area contributed by atoms with Gasteiger partial charge >= 0.3 is 5.97 Å². The zero-order valence-corrected chi connectivity index (χ0v) is 19.2. The van der Waals surface area contributed by atoms with E-state index in [1.807, 2.05) is 37.3 Å². The average molecular weight is 474 g/mol. The van der Waals surface area contributed by atoms with Crippen LogP contribution in [0.15, 0.2) is 54.6 Å². The van der Waals surface area contributed by atoms with E-state index in [2.05, 4.69) is 5.32 Å². The van der Waals surface area contributed by atoms with Crippen molar-refractivity contribution in [2.45, 2.75) is 26.0 Å². The summed E-state index contributed by atoms with van der Waals surface area (Å²) < 4.78 is 39.3. The summed E-state index contributed by atoms with van der Waals surface area (Å²) in [6.45, 7) is 2.24. The number of esters is 1. The maximum absolute atomic E-state index is 12.0. The summed E-state index contributed by atoms with van der Waals surface area (Å²) in [5, 5.41) is 2.57. The first-order valence-corrected chi connectivity index (χ1v) is 12.4. The van der Waals surface area contributed by atoms with Crippen LogP contribution in [0.3, 0.4) is 0 Å². The maximum Gasteiger partial charge on any atom is 0.331 e. The number of benzene rings is 2. The molecule has 0 bridgehead atoms. The quantitative estimate of drug-likeness (QED) is 0.417. The molecule has 0 saturated carbocycles. The van der Waals surface area contributed by atoms with Gasteiger partial charge in [0, 0.05) is 12.1 Å². The summed E-state index contributed by atoms with van der Waals surface area (Å²) in [7, 11) is -3.09. The van der Waals surface area contributed by atoms with Gasteiger partial charge in [-0.2, -0.15) is 0 Å². The molecule has 9 heteroatoms. The third-order valence-corrected chi connectivity index (χ3v) is 6.63.